The number of para-hydroxylation sites is 1. The SMILES string of the molecule is COc1cccc(OC)c1OC1CCN(C(=O)C(C)C2CNC2)CC1.Cl. The van der Waals surface area contributed by atoms with Crippen molar-refractivity contribution in [1.82, 2.24) is 10.2 Å². The number of hydrogen-bond acceptors (Lipinski definition) is 5. The van der Waals surface area contributed by atoms with Gasteiger partial charge in [0.1, 0.15) is 6.10 Å². The summed E-state index contributed by atoms with van der Waals surface area (Å²) in [5.41, 5.74) is 0. The number of nitrogens with one attached hydrogen (secondary N) is 1. The number of nitrogens with zero attached hydrogens (tertiary/aromatic N) is 1. The molecule has 146 valence electrons. The second kappa shape index (κ2) is 9.33. The van der Waals surface area contributed by atoms with E-state index in [-0.39, 0.29) is 30.3 Å². The molecule has 6 nitrogen and oxygen atoms in total. The molecule has 7 heteroatoms. The fourth-order valence-electron chi connectivity index (χ4n) is 3.45. The van der Waals surface area contributed by atoms with Crippen molar-refractivity contribution < 1.29 is 19.0 Å². The molecule has 26 heavy (non-hydrogen) atoms. The molecule has 2 aliphatic rings. The molecule has 0 bridgehead atoms. The first-order chi connectivity index (χ1) is 12.1. The van der Waals surface area contributed by atoms with Gasteiger partial charge in [0.2, 0.25) is 11.7 Å². The fourth-order valence-corrected chi connectivity index (χ4v) is 3.45. The summed E-state index contributed by atoms with van der Waals surface area (Å²) in [4.78, 5) is 14.6. The third-order valence-corrected chi connectivity index (χ3v) is 5.33. The normalized spacial score (nSPS) is 19.1. The molecule has 2 aliphatic heterocycles. The summed E-state index contributed by atoms with van der Waals surface area (Å²) in [6.07, 6.45) is 1.71. The van der Waals surface area contributed by atoms with Crippen LogP contribution in [-0.4, -0.2) is 57.3 Å². The van der Waals surface area contributed by atoms with Crippen LogP contribution in [0, 0.1) is 11.8 Å². The van der Waals surface area contributed by atoms with Gasteiger partial charge in [-0.1, -0.05) is 13.0 Å². The number of benzene rings is 1. The Morgan fingerprint density at radius 3 is 2.19 bits per heavy atom. The second-order valence-corrected chi connectivity index (χ2v) is 6.84. The summed E-state index contributed by atoms with van der Waals surface area (Å²) >= 11 is 0. The first kappa shape index (κ1) is 20.6. The van der Waals surface area contributed by atoms with Crippen LogP contribution in [0.3, 0.4) is 0 Å². The van der Waals surface area contributed by atoms with Crippen molar-refractivity contribution in [2.75, 3.05) is 40.4 Å². The molecule has 1 atom stereocenters. The van der Waals surface area contributed by atoms with Crippen molar-refractivity contribution in [2.24, 2.45) is 11.8 Å². The zero-order valence-corrected chi connectivity index (χ0v) is 16.5. The molecule has 0 spiro atoms. The largest absolute Gasteiger partial charge is 0.493 e. The molecule has 0 saturated carbocycles. The number of rotatable bonds is 6. The highest BCUT2D eigenvalue weighted by Crippen LogP contribution is 2.38. The standard InChI is InChI=1S/C19H28N2O4.ClH/c1-13(14-11-20-12-14)19(22)21-9-7-15(8-10-21)25-18-16(23-2)5-4-6-17(18)24-3;/h4-6,13-15,20H,7-12H2,1-3H3;1H. The Labute approximate surface area is 161 Å². The number of methoxy groups -OCH3 is 2. The lowest BCUT2D eigenvalue weighted by Crippen LogP contribution is -2.52. The summed E-state index contributed by atoms with van der Waals surface area (Å²) in [5.74, 6) is 2.85. The van der Waals surface area contributed by atoms with Crippen molar-refractivity contribution in [3.05, 3.63) is 18.2 Å². The van der Waals surface area contributed by atoms with Crippen LogP contribution in [0.2, 0.25) is 0 Å². The minimum Gasteiger partial charge on any atom is -0.493 e. The minimum absolute atomic E-state index is 0. The van der Waals surface area contributed by atoms with E-state index in [9.17, 15) is 4.79 Å². The van der Waals surface area contributed by atoms with Crippen molar-refractivity contribution in [1.29, 1.82) is 0 Å². The van der Waals surface area contributed by atoms with Gasteiger partial charge in [-0.15, -0.1) is 12.4 Å². The zero-order valence-electron chi connectivity index (χ0n) is 15.7. The number of ether oxygens (including phenoxy) is 3. The molecule has 1 aromatic carbocycles. The van der Waals surface area contributed by atoms with Gasteiger partial charge in [0, 0.05) is 31.8 Å². The number of likely N-dealkylation sites (tertiary alicyclic amines) is 1. The predicted molar refractivity (Wildman–Crippen MR) is 103 cm³/mol. The zero-order chi connectivity index (χ0) is 17.8. The van der Waals surface area contributed by atoms with Crippen LogP contribution in [0.5, 0.6) is 17.2 Å². The second-order valence-electron chi connectivity index (χ2n) is 6.84. The van der Waals surface area contributed by atoms with E-state index in [4.69, 9.17) is 14.2 Å². The first-order valence-corrected chi connectivity index (χ1v) is 9.01. The van der Waals surface area contributed by atoms with Gasteiger partial charge < -0.3 is 24.4 Å². The molecule has 2 heterocycles. The Morgan fingerprint density at radius 2 is 1.73 bits per heavy atom. The Hall–Kier alpha value is -1.66. The van der Waals surface area contributed by atoms with Gasteiger partial charge >= 0.3 is 0 Å². The van der Waals surface area contributed by atoms with E-state index in [0.717, 1.165) is 39.0 Å². The lowest BCUT2D eigenvalue weighted by Gasteiger charge is -2.38. The van der Waals surface area contributed by atoms with E-state index in [1.165, 1.54) is 0 Å². The summed E-state index contributed by atoms with van der Waals surface area (Å²) < 4.78 is 16.9. The fraction of sp³-hybridized carbons (Fsp3) is 0.632. The third kappa shape index (κ3) is 4.35. The molecule has 2 fully saturated rings. The van der Waals surface area contributed by atoms with Crippen LogP contribution in [0.25, 0.3) is 0 Å². The van der Waals surface area contributed by atoms with E-state index in [0.29, 0.717) is 23.2 Å². The molecule has 3 rings (SSSR count). The van der Waals surface area contributed by atoms with Crippen molar-refractivity contribution in [2.45, 2.75) is 25.9 Å². The number of carbonyl (C=O) groups is 1. The lowest BCUT2D eigenvalue weighted by atomic mass is 9.87. The van der Waals surface area contributed by atoms with Crippen molar-refractivity contribution in [3.8, 4) is 17.2 Å². The minimum atomic E-state index is 0. The molecule has 0 aromatic heterocycles. The maximum Gasteiger partial charge on any atom is 0.225 e. The molecular weight excluding hydrogens is 356 g/mol. The van der Waals surface area contributed by atoms with E-state index in [1.54, 1.807) is 14.2 Å². The summed E-state index contributed by atoms with van der Waals surface area (Å²) in [7, 11) is 3.25. The maximum atomic E-state index is 12.6. The Balaban J connectivity index is 0.00000243. The highest BCUT2D eigenvalue weighted by Gasteiger charge is 2.33. The molecule has 1 unspecified atom stereocenters. The van der Waals surface area contributed by atoms with Crippen LogP contribution < -0.4 is 19.5 Å². The van der Waals surface area contributed by atoms with Crippen molar-refractivity contribution in [3.63, 3.8) is 0 Å². The highest BCUT2D eigenvalue weighted by atomic mass is 35.5. The summed E-state index contributed by atoms with van der Waals surface area (Å²) in [6, 6.07) is 5.61. The Kier molecular flexibility index (Phi) is 7.41. The van der Waals surface area contributed by atoms with E-state index >= 15 is 0 Å². The van der Waals surface area contributed by atoms with Gasteiger partial charge in [0.15, 0.2) is 11.5 Å². The van der Waals surface area contributed by atoms with E-state index < -0.39 is 0 Å². The molecule has 1 aromatic rings. The monoisotopic (exact) mass is 384 g/mol. The van der Waals surface area contributed by atoms with Crippen LogP contribution >= 0.6 is 12.4 Å². The highest BCUT2D eigenvalue weighted by molar-refractivity contribution is 5.85. The average Bonchev–Trinajstić information content (AvgIpc) is 2.60. The number of hydrogen-bond donors (Lipinski definition) is 1. The van der Waals surface area contributed by atoms with Gasteiger partial charge in [-0.25, -0.2) is 0 Å². The van der Waals surface area contributed by atoms with Gasteiger partial charge in [0.25, 0.3) is 0 Å². The Morgan fingerprint density at radius 1 is 1.15 bits per heavy atom. The maximum absolute atomic E-state index is 12.6. The summed E-state index contributed by atoms with van der Waals surface area (Å²) in [5, 5.41) is 3.24. The van der Waals surface area contributed by atoms with E-state index in [2.05, 4.69) is 12.2 Å². The first-order valence-electron chi connectivity index (χ1n) is 9.01. The third-order valence-electron chi connectivity index (χ3n) is 5.33. The molecule has 1 amide bonds. The quantitative estimate of drug-likeness (QED) is 0.815. The number of piperidine rings is 1. The number of halogens is 1. The van der Waals surface area contributed by atoms with Gasteiger partial charge in [-0.05, 0) is 31.1 Å². The molecule has 0 radical (unpaired) electrons. The number of carbonyl (C=O) groups excluding carboxylic acids is 1. The molecular formula is C19H29ClN2O4. The van der Waals surface area contributed by atoms with E-state index in [1.807, 2.05) is 23.1 Å². The van der Waals surface area contributed by atoms with Crippen molar-refractivity contribution >= 4 is 18.3 Å². The molecule has 2 saturated heterocycles. The molecule has 0 aliphatic carbocycles. The van der Waals surface area contributed by atoms with Crippen LogP contribution in [0.1, 0.15) is 19.8 Å². The predicted octanol–water partition coefficient (Wildman–Crippen LogP) is 2.35. The number of amides is 1. The average molecular weight is 385 g/mol. The topological polar surface area (TPSA) is 60.0 Å². The summed E-state index contributed by atoms with van der Waals surface area (Å²) in [6.45, 7) is 5.45. The smallest absolute Gasteiger partial charge is 0.225 e. The van der Waals surface area contributed by atoms with Gasteiger partial charge in [-0.2, -0.15) is 0 Å². The lowest BCUT2D eigenvalue weighted by molar-refractivity contribution is -0.139. The van der Waals surface area contributed by atoms with Gasteiger partial charge in [0.05, 0.1) is 14.2 Å². The van der Waals surface area contributed by atoms with Crippen LogP contribution in [0.4, 0.5) is 0 Å². The molecule has 1 N–H and O–H groups in total. The van der Waals surface area contributed by atoms with Crippen LogP contribution in [-0.2, 0) is 4.79 Å². The van der Waals surface area contributed by atoms with Gasteiger partial charge in [-0.3, -0.25) is 4.79 Å². The van der Waals surface area contributed by atoms with Crippen LogP contribution in [0.15, 0.2) is 18.2 Å². The Bertz CT molecular complexity index is 579.